The lowest BCUT2D eigenvalue weighted by Gasteiger charge is -2.07. The Hall–Kier alpha value is -3.80. The van der Waals surface area contributed by atoms with Crippen LogP contribution in [0.1, 0.15) is 12.2 Å². The van der Waals surface area contributed by atoms with Gasteiger partial charge in [-0.3, -0.25) is 0 Å². The van der Waals surface area contributed by atoms with Gasteiger partial charge in [-0.1, -0.05) is 30.3 Å². The van der Waals surface area contributed by atoms with Crippen LogP contribution >= 0.6 is 0 Å². The Morgan fingerprint density at radius 1 is 0.862 bits per heavy atom. The molecule has 1 aromatic carbocycles. The van der Waals surface area contributed by atoms with Crippen LogP contribution in [0.25, 0.3) is 33.7 Å². The van der Waals surface area contributed by atoms with E-state index >= 15 is 0 Å². The van der Waals surface area contributed by atoms with Crippen LogP contribution in [-0.4, -0.2) is 16.5 Å². The smallest absolute Gasteiger partial charge is 0.232 e. The first-order valence-electron chi connectivity index (χ1n) is 9.53. The van der Waals surface area contributed by atoms with Gasteiger partial charge < -0.3 is 18.6 Å². The molecule has 6 nitrogen and oxygen atoms in total. The Labute approximate surface area is 167 Å². The maximum absolute atomic E-state index is 6.15. The summed E-state index contributed by atoms with van der Waals surface area (Å²) in [7, 11) is 0. The Kier molecular flexibility index (Phi) is 4.58. The van der Waals surface area contributed by atoms with Crippen LogP contribution in [0.15, 0.2) is 86.7 Å². The normalized spacial score (nSPS) is 11.2. The Morgan fingerprint density at radius 3 is 2.52 bits per heavy atom. The summed E-state index contributed by atoms with van der Waals surface area (Å²) in [4.78, 5) is 8.82. The minimum absolute atomic E-state index is 0.527. The van der Waals surface area contributed by atoms with Gasteiger partial charge in [0, 0.05) is 18.5 Å². The summed E-state index contributed by atoms with van der Waals surface area (Å²) in [6.45, 7) is 0.746. The number of nitrogens with one attached hydrogen (secondary N) is 1. The number of aromatic nitrogens is 2. The van der Waals surface area contributed by atoms with Crippen LogP contribution in [-0.2, 0) is 6.42 Å². The van der Waals surface area contributed by atoms with E-state index in [9.17, 15) is 0 Å². The standard InChI is InChI=1S/C23H19N3O3/c1-2-7-16(8-3-1)21-19(18-11-6-14-28-18)20-22(25-15-26-23(20)29-21)24-12-4-9-17-10-5-13-27-17/h1-3,5-8,10-11,13-15H,4,9,12H2,(H,24,25,26). The molecule has 0 saturated heterocycles. The molecule has 0 spiro atoms. The zero-order valence-electron chi connectivity index (χ0n) is 15.7. The molecule has 0 aliphatic rings. The van der Waals surface area contributed by atoms with Crippen molar-refractivity contribution >= 4 is 16.9 Å². The Morgan fingerprint density at radius 2 is 1.72 bits per heavy atom. The average Bonchev–Trinajstić information content (AvgIpc) is 3.52. The first kappa shape index (κ1) is 17.3. The van der Waals surface area contributed by atoms with E-state index in [1.165, 1.54) is 6.33 Å². The van der Waals surface area contributed by atoms with E-state index in [1.54, 1.807) is 12.5 Å². The highest BCUT2D eigenvalue weighted by Gasteiger charge is 2.23. The predicted octanol–water partition coefficient (Wildman–Crippen LogP) is 5.79. The zero-order valence-corrected chi connectivity index (χ0v) is 15.7. The molecule has 0 bridgehead atoms. The second kappa shape index (κ2) is 7.67. The fourth-order valence-electron chi connectivity index (χ4n) is 3.44. The Balaban J connectivity index is 1.52. The molecule has 0 radical (unpaired) electrons. The van der Waals surface area contributed by atoms with Gasteiger partial charge in [-0.25, -0.2) is 9.97 Å². The average molecular weight is 385 g/mol. The van der Waals surface area contributed by atoms with Crippen LogP contribution in [0.4, 0.5) is 5.82 Å². The molecule has 29 heavy (non-hydrogen) atoms. The van der Waals surface area contributed by atoms with Gasteiger partial charge in [0.05, 0.1) is 23.5 Å². The molecule has 0 aliphatic heterocycles. The SMILES string of the molecule is c1ccc(-c2oc3ncnc(NCCCc4ccco4)c3c2-c2ccco2)cc1. The van der Waals surface area contributed by atoms with Crippen molar-refractivity contribution in [1.29, 1.82) is 0 Å². The zero-order chi connectivity index (χ0) is 19.5. The van der Waals surface area contributed by atoms with Gasteiger partial charge in [0.15, 0.2) is 0 Å². The highest BCUT2D eigenvalue weighted by atomic mass is 16.4. The van der Waals surface area contributed by atoms with Crippen LogP contribution in [0.5, 0.6) is 0 Å². The summed E-state index contributed by atoms with van der Waals surface area (Å²) < 4.78 is 17.3. The minimum atomic E-state index is 0.527. The third kappa shape index (κ3) is 3.40. The van der Waals surface area contributed by atoms with E-state index in [0.717, 1.165) is 59.0 Å². The third-order valence-electron chi connectivity index (χ3n) is 4.76. The van der Waals surface area contributed by atoms with Crippen molar-refractivity contribution < 1.29 is 13.3 Å². The monoisotopic (exact) mass is 385 g/mol. The van der Waals surface area contributed by atoms with Crippen LogP contribution in [0.2, 0.25) is 0 Å². The summed E-state index contributed by atoms with van der Waals surface area (Å²) >= 11 is 0. The summed E-state index contributed by atoms with van der Waals surface area (Å²) in [5.74, 6) is 3.14. The van der Waals surface area contributed by atoms with Gasteiger partial charge in [0.25, 0.3) is 0 Å². The molecule has 5 rings (SSSR count). The van der Waals surface area contributed by atoms with E-state index in [1.807, 2.05) is 54.6 Å². The number of hydrogen-bond donors (Lipinski definition) is 1. The first-order chi connectivity index (χ1) is 14.4. The molecule has 0 fully saturated rings. The van der Waals surface area contributed by atoms with Crippen LogP contribution < -0.4 is 5.32 Å². The number of nitrogens with zero attached hydrogens (tertiary/aromatic N) is 2. The van der Waals surface area contributed by atoms with Crippen molar-refractivity contribution in [3.8, 4) is 22.6 Å². The number of benzene rings is 1. The van der Waals surface area contributed by atoms with E-state index in [-0.39, 0.29) is 0 Å². The molecule has 1 N–H and O–H groups in total. The molecule has 0 aliphatic carbocycles. The van der Waals surface area contributed by atoms with Gasteiger partial charge in [-0.2, -0.15) is 0 Å². The highest BCUT2D eigenvalue weighted by molar-refractivity contribution is 6.04. The minimum Gasteiger partial charge on any atom is -0.469 e. The van der Waals surface area contributed by atoms with E-state index in [0.29, 0.717) is 5.71 Å². The largest absolute Gasteiger partial charge is 0.469 e. The Bertz CT molecular complexity index is 1190. The number of rotatable bonds is 7. The molecule has 4 heterocycles. The predicted molar refractivity (Wildman–Crippen MR) is 110 cm³/mol. The lowest BCUT2D eigenvalue weighted by Crippen LogP contribution is -2.05. The molecule has 0 amide bonds. The molecule has 144 valence electrons. The summed E-state index contributed by atoms with van der Waals surface area (Å²) in [5, 5.41) is 4.24. The van der Waals surface area contributed by atoms with Gasteiger partial charge in [0.2, 0.25) is 5.71 Å². The van der Waals surface area contributed by atoms with Gasteiger partial charge in [-0.15, -0.1) is 0 Å². The molecule has 0 saturated carbocycles. The van der Waals surface area contributed by atoms with Crippen LogP contribution in [0, 0.1) is 0 Å². The molecule has 6 heteroatoms. The highest BCUT2D eigenvalue weighted by Crippen LogP contribution is 2.42. The van der Waals surface area contributed by atoms with Gasteiger partial charge in [0.1, 0.15) is 29.4 Å². The fraction of sp³-hybridized carbons (Fsp3) is 0.130. The number of anilines is 1. The number of aryl methyl sites for hydroxylation is 1. The van der Waals surface area contributed by atoms with Gasteiger partial charge >= 0.3 is 0 Å². The van der Waals surface area contributed by atoms with Crippen LogP contribution in [0.3, 0.4) is 0 Å². The summed E-state index contributed by atoms with van der Waals surface area (Å²) in [6, 6.07) is 17.6. The van der Waals surface area contributed by atoms with Crippen molar-refractivity contribution in [2.24, 2.45) is 0 Å². The van der Waals surface area contributed by atoms with E-state index in [2.05, 4.69) is 15.3 Å². The molecule has 4 aromatic heterocycles. The second-order valence-corrected chi connectivity index (χ2v) is 6.66. The summed E-state index contributed by atoms with van der Waals surface area (Å²) in [6.07, 6.45) is 6.64. The van der Waals surface area contributed by atoms with E-state index in [4.69, 9.17) is 13.3 Å². The first-order valence-corrected chi connectivity index (χ1v) is 9.53. The van der Waals surface area contributed by atoms with Crippen molar-refractivity contribution in [2.45, 2.75) is 12.8 Å². The number of fused-ring (bicyclic) bond motifs is 1. The van der Waals surface area contributed by atoms with Crippen molar-refractivity contribution in [2.75, 3.05) is 11.9 Å². The molecule has 5 aromatic rings. The lowest BCUT2D eigenvalue weighted by atomic mass is 10.0. The topological polar surface area (TPSA) is 77.2 Å². The second-order valence-electron chi connectivity index (χ2n) is 6.66. The third-order valence-corrected chi connectivity index (χ3v) is 4.76. The maximum atomic E-state index is 6.15. The molecule has 0 unspecified atom stereocenters. The quantitative estimate of drug-likeness (QED) is 0.357. The van der Waals surface area contributed by atoms with Crippen molar-refractivity contribution in [1.82, 2.24) is 9.97 Å². The summed E-state index contributed by atoms with van der Waals surface area (Å²) in [5.41, 5.74) is 2.34. The number of furan rings is 3. The molecular formula is C23H19N3O3. The fourth-order valence-corrected chi connectivity index (χ4v) is 3.44. The maximum Gasteiger partial charge on any atom is 0.232 e. The number of hydrogen-bond acceptors (Lipinski definition) is 6. The van der Waals surface area contributed by atoms with Crippen molar-refractivity contribution in [3.63, 3.8) is 0 Å². The van der Waals surface area contributed by atoms with E-state index < -0.39 is 0 Å². The molecular weight excluding hydrogens is 366 g/mol. The van der Waals surface area contributed by atoms with Gasteiger partial charge in [-0.05, 0) is 30.7 Å². The van der Waals surface area contributed by atoms with Crippen molar-refractivity contribution in [3.05, 3.63) is 79.2 Å². The lowest BCUT2D eigenvalue weighted by molar-refractivity contribution is 0.504. The molecule has 0 atom stereocenters.